The molecule has 0 saturated carbocycles. The molecular weight excluding hydrogens is 389 g/mol. The molecule has 0 radical (unpaired) electrons. The summed E-state index contributed by atoms with van der Waals surface area (Å²) in [4.78, 5) is 26.5. The van der Waals surface area contributed by atoms with Gasteiger partial charge in [0.15, 0.2) is 0 Å². The number of hydrogen-bond acceptors (Lipinski definition) is 3. The fourth-order valence-electron chi connectivity index (χ4n) is 3.87. The Labute approximate surface area is 164 Å². The molecule has 2 unspecified atom stereocenters. The Balaban J connectivity index is 1.53. The second-order valence-corrected chi connectivity index (χ2v) is 8.32. The van der Waals surface area contributed by atoms with E-state index in [0.29, 0.717) is 11.3 Å². The van der Waals surface area contributed by atoms with Crippen LogP contribution in [0.15, 0.2) is 48.5 Å². The lowest BCUT2D eigenvalue weighted by atomic mass is 10.1. The molecule has 2 amide bonds. The van der Waals surface area contributed by atoms with Crippen molar-refractivity contribution in [2.45, 2.75) is 30.6 Å². The van der Waals surface area contributed by atoms with Crippen LogP contribution in [0.4, 0.5) is 13.2 Å². The molecule has 2 aliphatic heterocycles. The van der Waals surface area contributed by atoms with Gasteiger partial charge in [0.1, 0.15) is 10.9 Å². The summed E-state index contributed by atoms with van der Waals surface area (Å²) in [6.07, 6.45) is -4.49. The maximum Gasteiger partial charge on any atom is 0.416 e. The Bertz CT molecular complexity index is 962. The Morgan fingerprint density at radius 2 is 1.89 bits per heavy atom. The van der Waals surface area contributed by atoms with Crippen LogP contribution in [0.1, 0.15) is 34.0 Å². The van der Waals surface area contributed by atoms with Crippen molar-refractivity contribution < 1.29 is 22.8 Å². The van der Waals surface area contributed by atoms with E-state index in [0.717, 1.165) is 11.6 Å². The molecule has 0 bridgehead atoms. The van der Waals surface area contributed by atoms with Gasteiger partial charge in [-0.05, 0) is 24.6 Å². The van der Waals surface area contributed by atoms with Crippen LogP contribution in [0, 0.1) is 0 Å². The average Bonchev–Trinajstić information content (AvgIpc) is 3.13. The molecule has 8 heteroatoms. The summed E-state index contributed by atoms with van der Waals surface area (Å²) in [6, 6.07) is 11.6. The summed E-state index contributed by atoms with van der Waals surface area (Å²) < 4.78 is 39.4. The smallest absolute Gasteiger partial charge is 0.350 e. The van der Waals surface area contributed by atoms with Gasteiger partial charge in [-0.1, -0.05) is 36.4 Å². The van der Waals surface area contributed by atoms with Crippen molar-refractivity contribution in [2.75, 3.05) is 5.75 Å². The molecule has 1 fully saturated rings. The highest BCUT2D eigenvalue weighted by Crippen LogP contribution is 2.53. The van der Waals surface area contributed by atoms with Crippen LogP contribution in [0.2, 0.25) is 0 Å². The van der Waals surface area contributed by atoms with Crippen molar-refractivity contribution in [3.05, 3.63) is 70.8 Å². The molecule has 146 valence electrons. The molecule has 2 aromatic carbocycles. The quantitative estimate of drug-likeness (QED) is 0.844. The minimum atomic E-state index is -4.49. The number of halogens is 3. The fourth-order valence-corrected chi connectivity index (χ4v) is 5.34. The van der Waals surface area contributed by atoms with E-state index in [-0.39, 0.29) is 18.0 Å². The van der Waals surface area contributed by atoms with Gasteiger partial charge in [-0.2, -0.15) is 13.2 Å². The van der Waals surface area contributed by atoms with E-state index in [4.69, 9.17) is 0 Å². The first-order chi connectivity index (χ1) is 13.2. The second-order valence-electron chi connectivity index (χ2n) is 6.90. The van der Waals surface area contributed by atoms with Crippen molar-refractivity contribution in [2.24, 2.45) is 0 Å². The number of nitrogens with one attached hydrogen (secondary N) is 1. The first kappa shape index (κ1) is 18.9. The zero-order valence-corrected chi connectivity index (χ0v) is 15.7. The molecule has 28 heavy (non-hydrogen) atoms. The van der Waals surface area contributed by atoms with E-state index in [9.17, 15) is 22.8 Å². The molecule has 4 nitrogen and oxygen atoms in total. The van der Waals surface area contributed by atoms with E-state index in [2.05, 4.69) is 5.32 Å². The number of carbonyl (C=O) groups excluding carboxylic acids is 2. The standard InChI is InChI=1S/C20H17F3N2O2S/c1-19-15-9-5-3-7-13(15)18(27)25(19)16(11-28-19)17(26)24-10-12-6-2-4-8-14(12)20(21,22)23/h2-9,16H,10-11H2,1H3,(H,24,26). The summed E-state index contributed by atoms with van der Waals surface area (Å²) in [5.74, 6) is -0.281. The summed E-state index contributed by atoms with van der Waals surface area (Å²) in [7, 11) is 0. The molecule has 0 aliphatic carbocycles. The molecule has 2 aromatic rings. The Morgan fingerprint density at radius 3 is 2.64 bits per heavy atom. The third-order valence-electron chi connectivity index (χ3n) is 5.25. The number of nitrogens with zero attached hydrogens (tertiary/aromatic N) is 1. The number of amides is 2. The SMILES string of the molecule is CC12SCC(C(=O)NCc3ccccc3C(F)(F)F)N1C(=O)c1ccccc12. The minimum Gasteiger partial charge on any atom is -0.350 e. The van der Waals surface area contributed by atoms with E-state index >= 15 is 0 Å². The molecule has 0 aromatic heterocycles. The van der Waals surface area contributed by atoms with Gasteiger partial charge in [0.05, 0.1) is 5.56 Å². The number of hydrogen-bond donors (Lipinski definition) is 1. The van der Waals surface area contributed by atoms with Gasteiger partial charge < -0.3 is 10.2 Å². The second kappa shape index (κ2) is 6.55. The fraction of sp³-hybridized carbons (Fsp3) is 0.300. The summed E-state index contributed by atoms with van der Waals surface area (Å²) in [6.45, 7) is 1.65. The molecule has 0 spiro atoms. The number of thioether (sulfide) groups is 1. The zero-order chi connectivity index (χ0) is 20.1. The molecular formula is C20H17F3N2O2S. The van der Waals surface area contributed by atoms with E-state index in [1.165, 1.54) is 30.0 Å². The van der Waals surface area contributed by atoms with Crippen LogP contribution >= 0.6 is 11.8 Å². The highest BCUT2D eigenvalue weighted by molar-refractivity contribution is 8.00. The first-order valence-corrected chi connectivity index (χ1v) is 9.72. The van der Waals surface area contributed by atoms with Crippen LogP contribution in [0.5, 0.6) is 0 Å². The van der Waals surface area contributed by atoms with Crippen LogP contribution < -0.4 is 5.32 Å². The molecule has 2 heterocycles. The van der Waals surface area contributed by atoms with Crippen LogP contribution in [-0.2, 0) is 22.4 Å². The lowest BCUT2D eigenvalue weighted by Crippen LogP contribution is -2.49. The number of carbonyl (C=O) groups is 2. The van der Waals surface area contributed by atoms with Gasteiger partial charge in [-0.3, -0.25) is 9.59 Å². The third kappa shape index (κ3) is 2.87. The number of alkyl halides is 3. The summed E-state index contributed by atoms with van der Waals surface area (Å²) in [5, 5.41) is 2.58. The Hall–Kier alpha value is -2.48. The summed E-state index contributed by atoms with van der Waals surface area (Å²) in [5.41, 5.74) is 0.651. The molecule has 2 aliphatic rings. The number of rotatable bonds is 3. The van der Waals surface area contributed by atoms with Gasteiger partial charge in [-0.15, -0.1) is 11.8 Å². The highest BCUT2D eigenvalue weighted by atomic mass is 32.2. The Kier molecular flexibility index (Phi) is 4.41. The topological polar surface area (TPSA) is 49.4 Å². The minimum absolute atomic E-state index is 0.00667. The zero-order valence-electron chi connectivity index (χ0n) is 14.9. The van der Waals surface area contributed by atoms with Gasteiger partial charge in [0.25, 0.3) is 5.91 Å². The van der Waals surface area contributed by atoms with Crippen LogP contribution in [0.25, 0.3) is 0 Å². The van der Waals surface area contributed by atoms with E-state index in [1.54, 1.807) is 17.0 Å². The van der Waals surface area contributed by atoms with Crippen molar-refractivity contribution >= 4 is 23.6 Å². The van der Waals surface area contributed by atoms with Crippen molar-refractivity contribution in [1.29, 1.82) is 0 Å². The van der Waals surface area contributed by atoms with Gasteiger partial charge in [0.2, 0.25) is 5.91 Å². The highest BCUT2D eigenvalue weighted by Gasteiger charge is 2.56. The molecule has 1 saturated heterocycles. The number of benzene rings is 2. The van der Waals surface area contributed by atoms with Crippen LogP contribution in [0.3, 0.4) is 0 Å². The van der Waals surface area contributed by atoms with Crippen LogP contribution in [-0.4, -0.2) is 28.5 Å². The molecule has 4 rings (SSSR count). The molecule has 2 atom stereocenters. The third-order valence-corrected chi connectivity index (χ3v) is 6.71. The number of fused-ring (bicyclic) bond motifs is 3. The van der Waals surface area contributed by atoms with Gasteiger partial charge >= 0.3 is 6.18 Å². The lowest BCUT2D eigenvalue weighted by Gasteiger charge is -2.30. The van der Waals surface area contributed by atoms with Gasteiger partial charge in [-0.25, -0.2) is 0 Å². The Morgan fingerprint density at radius 1 is 1.21 bits per heavy atom. The lowest BCUT2D eigenvalue weighted by molar-refractivity contribution is -0.138. The van der Waals surface area contributed by atoms with Crippen molar-refractivity contribution in [3.63, 3.8) is 0 Å². The predicted octanol–water partition coefficient (Wildman–Crippen LogP) is 3.77. The predicted molar refractivity (Wildman–Crippen MR) is 99.5 cm³/mol. The van der Waals surface area contributed by atoms with Crippen molar-refractivity contribution in [3.8, 4) is 0 Å². The molecule has 1 N–H and O–H groups in total. The first-order valence-electron chi connectivity index (χ1n) is 8.73. The van der Waals surface area contributed by atoms with E-state index < -0.39 is 28.6 Å². The largest absolute Gasteiger partial charge is 0.416 e. The monoisotopic (exact) mass is 406 g/mol. The maximum atomic E-state index is 13.1. The van der Waals surface area contributed by atoms with Crippen molar-refractivity contribution in [1.82, 2.24) is 10.2 Å². The van der Waals surface area contributed by atoms with Gasteiger partial charge in [0, 0.05) is 23.4 Å². The van der Waals surface area contributed by atoms with E-state index in [1.807, 2.05) is 19.1 Å². The normalized spacial score (nSPS) is 23.5. The maximum absolute atomic E-state index is 13.1. The summed E-state index contributed by atoms with van der Waals surface area (Å²) >= 11 is 1.49. The average molecular weight is 406 g/mol.